The van der Waals surface area contributed by atoms with Gasteiger partial charge in [-0.15, -0.1) is 0 Å². The summed E-state index contributed by atoms with van der Waals surface area (Å²) in [6.07, 6.45) is 1.12. The molecule has 0 radical (unpaired) electrons. The van der Waals surface area contributed by atoms with Crippen LogP contribution in [0.15, 0.2) is 54.6 Å². The molecule has 0 spiro atoms. The summed E-state index contributed by atoms with van der Waals surface area (Å²) in [6, 6.07) is 13.7. The zero-order chi connectivity index (χ0) is 24.0. The van der Waals surface area contributed by atoms with E-state index in [1.54, 1.807) is 35.2 Å². The Morgan fingerprint density at radius 1 is 0.909 bits per heavy atom. The van der Waals surface area contributed by atoms with Crippen molar-refractivity contribution in [2.75, 3.05) is 13.1 Å². The Balaban J connectivity index is 1.70. The van der Waals surface area contributed by atoms with E-state index in [2.05, 4.69) is 10.6 Å². The number of nitrogens with zero attached hydrogens (tertiary/aromatic N) is 1. The normalized spacial score (nSPS) is 16.2. The van der Waals surface area contributed by atoms with Crippen LogP contribution in [0, 0.1) is 17.7 Å². The van der Waals surface area contributed by atoms with E-state index in [4.69, 9.17) is 0 Å². The third kappa shape index (κ3) is 6.40. The molecule has 2 aromatic rings. The molecule has 3 amide bonds. The van der Waals surface area contributed by atoms with E-state index in [-0.39, 0.29) is 35.6 Å². The van der Waals surface area contributed by atoms with Crippen LogP contribution in [0.4, 0.5) is 4.39 Å². The topological polar surface area (TPSA) is 78.5 Å². The number of piperidine rings is 1. The standard InChI is InChI=1S/C26H32FN3O3/c1-17(2)18(3)28-25(32)23(29-24(31)20-8-5-4-6-9-20)19-12-14-30(15-13-19)26(33)21-10-7-11-22(27)16-21/h4-11,16-19,23H,12-15H2,1-3H3,(H,28,32)(H,29,31)/t18-,23+/m0/s1. The maximum Gasteiger partial charge on any atom is 0.253 e. The molecule has 1 saturated heterocycles. The fourth-order valence-corrected chi connectivity index (χ4v) is 3.93. The molecule has 1 aliphatic rings. The molecule has 1 fully saturated rings. The van der Waals surface area contributed by atoms with Gasteiger partial charge in [-0.05, 0) is 61.9 Å². The Morgan fingerprint density at radius 2 is 1.55 bits per heavy atom. The van der Waals surface area contributed by atoms with Gasteiger partial charge in [-0.2, -0.15) is 0 Å². The largest absolute Gasteiger partial charge is 0.352 e. The summed E-state index contributed by atoms with van der Waals surface area (Å²) < 4.78 is 13.5. The van der Waals surface area contributed by atoms with E-state index in [0.29, 0.717) is 37.1 Å². The number of nitrogens with one attached hydrogen (secondary N) is 2. The lowest BCUT2D eigenvalue weighted by atomic mass is 9.87. The number of likely N-dealkylation sites (tertiary alicyclic amines) is 1. The van der Waals surface area contributed by atoms with Crippen molar-refractivity contribution in [3.05, 3.63) is 71.5 Å². The molecule has 1 heterocycles. The minimum Gasteiger partial charge on any atom is -0.352 e. The molecule has 0 aromatic heterocycles. The molecule has 2 aromatic carbocycles. The van der Waals surface area contributed by atoms with Crippen LogP contribution in [0.2, 0.25) is 0 Å². The second kappa shape index (κ2) is 11.1. The van der Waals surface area contributed by atoms with Crippen molar-refractivity contribution in [2.45, 2.75) is 45.7 Å². The third-order valence-electron chi connectivity index (χ3n) is 6.34. The molecular weight excluding hydrogens is 421 g/mol. The molecule has 2 N–H and O–H groups in total. The number of rotatable bonds is 7. The first-order chi connectivity index (χ1) is 15.8. The maximum atomic E-state index is 13.5. The van der Waals surface area contributed by atoms with Gasteiger partial charge in [0.15, 0.2) is 0 Å². The average Bonchev–Trinajstić information content (AvgIpc) is 2.82. The first kappa shape index (κ1) is 24.4. The number of amides is 3. The highest BCUT2D eigenvalue weighted by Crippen LogP contribution is 2.23. The fourth-order valence-electron chi connectivity index (χ4n) is 3.93. The lowest BCUT2D eigenvalue weighted by molar-refractivity contribution is -0.125. The molecule has 1 aliphatic heterocycles. The van der Waals surface area contributed by atoms with Gasteiger partial charge >= 0.3 is 0 Å². The number of benzene rings is 2. The molecule has 0 bridgehead atoms. The molecule has 176 valence electrons. The van der Waals surface area contributed by atoms with Gasteiger partial charge in [-0.25, -0.2) is 4.39 Å². The number of hydrogen-bond acceptors (Lipinski definition) is 3. The number of halogens is 1. The number of hydrogen-bond donors (Lipinski definition) is 2. The highest BCUT2D eigenvalue weighted by atomic mass is 19.1. The van der Waals surface area contributed by atoms with E-state index in [9.17, 15) is 18.8 Å². The van der Waals surface area contributed by atoms with Gasteiger partial charge in [0, 0.05) is 30.3 Å². The van der Waals surface area contributed by atoms with E-state index < -0.39 is 11.9 Å². The summed E-state index contributed by atoms with van der Waals surface area (Å²) >= 11 is 0. The predicted octanol–water partition coefficient (Wildman–Crippen LogP) is 3.64. The van der Waals surface area contributed by atoms with Gasteiger partial charge < -0.3 is 15.5 Å². The van der Waals surface area contributed by atoms with Crippen LogP contribution in [0.3, 0.4) is 0 Å². The van der Waals surface area contributed by atoms with Gasteiger partial charge in [0.05, 0.1) is 0 Å². The third-order valence-corrected chi connectivity index (χ3v) is 6.34. The highest BCUT2D eigenvalue weighted by molar-refractivity contribution is 5.97. The Hall–Kier alpha value is -3.22. The van der Waals surface area contributed by atoms with Crippen molar-refractivity contribution in [1.29, 1.82) is 0 Å². The van der Waals surface area contributed by atoms with Gasteiger partial charge in [0.1, 0.15) is 11.9 Å². The van der Waals surface area contributed by atoms with Crippen LogP contribution in [-0.4, -0.2) is 47.8 Å². The zero-order valence-electron chi connectivity index (χ0n) is 19.4. The highest BCUT2D eigenvalue weighted by Gasteiger charge is 2.35. The van der Waals surface area contributed by atoms with E-state index in [1.807, 2.05) is 26.8 Å². The van der Waals surface area contributed by atoms with Gasteiger partial charge in [-0.3, -0.25) is 14.4 Å². The molecule has 6 nitrogen and oxygen atoms in total. The summed E-state index contributed by atoms with van der Waals surface area (Å²) in [6.45, 7) is 6.87. The lowest BCUT2D eigenvalue weighted by Crippen LogP contribution is -2.55. The summed E-state index contributed by atoms with van der Waals surface area (Å²) in [7, 11) is 0. The number of carbonyl (C=O) groups excluding carboxylic acids is 3. The molecule has 33 heavy (non-hydrogen) atoms. The van der Waals surface area contributed by atoms with Crippen molar-refractivity contribution in [2.24, 2.45) is 11.8 Å². The van der Waals surface area contributed by atoms with Crippen LogP contribution >= 0.6 is 0 Å². The first-order valence-corrected chi connectivity index (χ1v) is 11.5. The van der Waals surface area contributed by atoms with E-state index in [1.165, 1.54) is 18.2 Å². The van der Waals surface area contributed by atoms with Crippen LogP contribution in [-0.2, 0) is 4.79 Å². The first-order valence-electron chi connectivity index (χ1n) is 11.5. The summed E-state index contributed by atoms with van der Waals surface area (Å²) in [5, 5.41) is 5.95. The Bertz CT molecular complexity index is 972. The monoisotopic (exact) mass is 453 g/mol. The number of carbonyl (C=O) groups is 3. The van der Waals surface area contributed by atoms with Crippen LogP contribution in [0.25, 0.3) is 0 Å². The van der Waals surface area contributed by atoms with Crippen LogP contribution in [0.1, 0.15) is 54.3 Å². The van der Waals surface area contributed by atoms with Crippen LogP contribution < -0.4 is 10.6 Å². The van der Waals surface area contributed by atoms with Crippen molar-refractivity contribution in [3.8, 4) is 0 Å². The molecule has 0 aliphatic carbocycles. The Labute approximate surface area is 194 Å². The summed E-state index contributed by atoms with van der Waals surface area (Å²) in [4.78, 5) is 40.4. The molecule has 0 unspecified atom stereocenters. The van der Waals surface area contributed by atoms with E-state index in [0.717, 1.165) is 0 Å². The molecule has 0 saturated carbocycles. The molecule has 3 rings (SSSR count). The molecule has 7 heteroatoms. The Morgan fingerprint density at radius 3 is 2.15 bits per heavy atom. The predicted molar refractivity (Wildman–Crippen MR) is 125 cm³/mol. The SMILES string of the molecule is CC(C)[C@H](C)NC(=O)[C@H](NC(=O)c1ccccc1)C1CCN(C(=O)c2cccc(F)c2)CC1. The van der Waals surface area contributed by atoms with Gasteiger partial charge in [0.2, 0.25) is 5.91 Å². The minimum absolute atomic E-state index is 0.0386. The molecular formula is C26H32FN3O3. The second-order valence-electron chi connectivity index (χ2n) is 9.00. The van der Waals surface area contributed by atoms with Crippen molar-refractivity contribution < 1.29 is 18.8 Å². The summed E-state index contributed by atoms with van der Waals surface area (Å²) in [5.74, 6) is -1.05. The molecule has 2 atom stereocenters. The second-order valence-corrected chi connectivity index (χ2v) is 9.00. The quantitative estimate of drug-likeness (QED) is 0.672. The smallest absolute Gasteiger partial charge is 0.253 e. The van der Waals surface area contributed by atoms with Gasteiger partial charge in [-0.1, -0.05) is 38.1 Å². The lowest BCUT2D eigenvalue weighted by Gasteiger charge is -2.36. The van der Waals surface area contributed by atoms with Crippen molar-refractivity contribution >= 4 is 17.7 Å². The van der Waals surface area contributed by atoms with Crippen LogP contribution in [0.5, 0.6) is 0 Å². The maximum absolute atomic E-state index is 13.5. The van der Waals surface area contributed by atoms with Crippen molar-refractivity contribution in [1.82, 2.24) is 15.5 Å². The van der Waals surface area contributed by atoms with Crippen molar-refractivity contribution in [3.63, 3.8) is 0 Å². The van der Waals surface area contributed by atoms with Gasteiger partial charge in [0.25, 0.3) is 11.8 Å². The average molecular weight is 454 g/mol. The zero-order valence-corrected chi connectivity index (χ0v) is 19.4. The van der Waals surface area contributed by atoms with E-state index >= 15 is 0 Å². The fraction of sp³-hybridized carbons (Fsp3) is 0.423. The summed E-state index contributed by atoms with van der Waals surface area (Å²) in [5.41, 5.74) is 0.803. The Kier molecular flexibility index (Phi) is 8.20. The minimum atomic E-state index is -0.703.